The maximum absolute atomic E-state index is 13.4. The Morgan fingerprint density at radius 1 is 1.13 bits per heavy atom. The summed E-state index contributed by atoms with van der Waals surface area (Å²) in [6.45, 7) is 1.65. The van der Waals surface area contributed by atoms with E-state index in [-0.39, 0.29) is 9.92 Å². The van der Waals surface area contributed by atoms with Gasteiger partial charge in [-0.3, -0.25) is 0 Å². The van der Waals surface area contributed by atoms with Crippen molar-refractivity contribution >= 4 is 38.1 Å². The number of methoxy groups -OCH3 is 1. The fraction of sp³-hybridized carbons (Fsp3) is 0.250. The van der Waals surface area contributed by atoms with Crippen LogP contribution in [0.2, 0.25) is 5.02 Å². The van der Waals surface area contributed by atoms with E-state index >= 15 is 0 Å². The average Bonchev–Trinajstić information content (AvgIpc) is 3.26. The average molecular weight is 468 g/mol. The van der Waals surface area contributed by atoms with Gasteiger partial charge in [-0.2, -0.15) is 4.31 Å². The van der Waals surface area contributed by atoms with Gasteiger partial charge in [0.05, 0.1) is 22.7 Å². The quantitative estimate of drug-likeness (QED) is 0.564. The first-order chi connectivity index (χ1) is 14.4. The third-order valence-corrected chi connectivity index (χ3v) is 7.98. The Bertz CT molecular complexity index is 1160. The highest BCUT2D eigenvalue weighted by molar-refractivity contribution is 7.89. The zero-order valence-corrected chi connectivity index (χ0v) is 18.5. The summed E-state index contributed by atoms with van der Waals surface area (Å²) in [6, 6.07) is 11.2. The molecule has 0 aliphatic carbocycles. The number of nitrogens with zero attached hydrogens (tertiary/aromatic N) is 3. The van der Waals surface area contributed by atoms with Crippen molar-refractivity contribution in [3.8, 4) is 17.0 Å². The van der Waals surface area contributed by atoms with Gasteiger partial charge in [-0.1, -0.05) is 23.7 Å². The predicted molar refractivity (Wildman–Crippen MR) is 116 cm³/mol. The number of hydrogen-bond acceptors (Lipinski definition) is 6. The van der Waals surface area contributed by atoms with E-state index in [0.717, 1.165) is 34.3 Å². The largest absolute Gasteiger partial charge is 0.497 e. The Labute approximate surface area is 183 Å². The molecule has 10 heteroatoms. The number of anilines is 1. The summed E-state index contributed by atoms with van der Waals surface area (Å²) >= 11 is 7.27. The Morgan fingerprint density at radius 2 is 1.90 bits per heavy atom. The summed E-state index contributed by atoms with van der Waals surface area (Å²) in [5.41, 5.74) is 1.82. The summed E-state index contributed by atoms with van der Waals surface area (Å²) in [6.07, 6.45) is 0. The minimum atomic E-state index is -3.73. The number of sulfonamides is 1. The molecular formula is C20H19ClFN3O3S2. The van der Waals surface area contributed by atoms with Gasteiger partial charge in [0.1, 0.15) is 11.6 Å². The van der Waals surface area contributed by atoms with Gasteiger partial charge in [-0.15, -0.1) is 11.3 Å². The zero-order chi connectivity index (χ0) is 21.3. The second-order valence-corrected chi connectivity index (χ2v) is 9.90. The number of rotatable bonds is 5. The zero-order valence-electron chi connectivity index (χ0n) is 16.1. The minimum Gasteiger partial charge on any atom is -0.497 e. The number of benzene rings is 2. The second-order valence-electron chi connectivity index (χ2n) is 6.71. The third-order valence-electron chi connectivity index (χ3n) is 4.90. The van der Waals surface area contributed by atoms with Gasteiger partial charge in [0.25, 0.3) is 0 Å². The first kappa shape index (κ1) is 21.0. The van der Waals surface area contributed by atoms with Crippen molar-refractivity contribution in [3.05, 3.63) is 58.7 Å². The first-order valence-corrected chi connectivity index (χ1v) is 11.9. The van der Waals surface area contributed by atoms with Crippen LogP contribution in [-0.4, -0.2) is 51.0 Å². The van der Waals surface area contributed by atoms with Gasteiger partial charge in [0, 0.05) is 37.1 Å². The fourth-order valence-electron chi connectivity index (χ4n) is 3.23. The van der Waals surface area contributed by atoms with E-state index < -0.39 is 15.8 Å². The van der Waals surface area contributed by atoms with Crippen LogP contribution in [0.1, 0.15) is 0 Å². The summed E-state index contributed by atoms with van der Waals surface area (Å²) in [5.74, 6) is 0.123. The monoisotopic (exact) mass is 467 g/mol. The Hall–Kier alpha value is -2.20. The van der Waals surface area contributed by atoms with Gasteiger partial charge in [-0.25, -0.2) is 17.8 Å². The lowest BCUT2D eigenvalue weighted by Gasteiger charge is -2.33. The van der Waals surface area contributed by atoms with Gasteiger partial charge in [0.2, 0.25) is 10.0 Å². The maximum Gasteiger partial charge on any atom is 0.243 e. The molecule has 6 nitrogen and oxygen atoms in total. The van der Waals surface area contributed by atoms with Crippen molar-refractivity contribution < 1.29 is 17.5 Å². The normalized spacial score (nSPS) is 15.4. The van der Waals surface area contributed by atoms with E-state index in [9.17, 15) is 12.8 Å². The molecule has 1 saturated heterocycles. The molecule has 0 bridgehead atoms. The van der Waals surface area contributed by atoms with Gasteiger partial charge >= 0.3 is 0 Å². The first-order valence-electron chi connectivity index (χ1n) is 9.18. The van der Waals surface area contributed by atoms with E-state index in [1.54, 1.807) is 7.11 Å². The molecule has 0 atom stereocenters. The second kappa shape index (κ2) is 8.50. The van der Waals surface area contributed by atoms with Crippen molar-refractivity contribution in [2.24, 2.45) is 0 Å². The lowest BCUT2D eigenvalue weighted by Crippen LogP contribution is -2.48. The Kier molecular flexibility index (Phi) is 5.97. The standard InChI is InChI=1S/C20H19ClFN3O3S2/c1-28-15-4-2-3-14(11-15)19-13-29-20(23-19)24-7-9-25(10-8-24)30(26,27)16-5-6-18(22)17(21)12-16/h2-6,11-13H,7-10H2,1H3. The van der Waals surface area contributed by atoms with Crippen molar-refractivity contribution in [3.63, 3.8) is 0 Å². The van der Waals surface area contributed by atoms with Crippen LogP contribution in [0.4, 0.5) is 9.52 Å². The number of hydrogen-bond donors (Lipinski definition) is 0. The van der Waals surface area contributed by atoms with Crippen molar-refractivity contribution in [1.29, 1.82) is 0 Å². The molecule has 1 aliphatic rings. The fourth-order valence-corrected chi connectivity index (χ4v) is 5.81. The van der Waals surface area contributed by atoms with Crippen LogP contribution in [0.25, 0.3) is 11.3 Å². The lowest BCUT2D eigenvalue weighted by atomic mass is 10.2. The molecule has 0 amide bonds. The molecule has 1 aromatic heterocycles. The van der Waals surface area contributed by atoms with Crippen molar-refractivity contribution in [2.45, 2.75) is 4.90 Å². The SMILES string of the molecule is COc1cccc(-c2csc(N3CCN(S(=O)(=O)c4ccc(F)c(Cl)c4)CC3)n2)c1. The minimum absolute atomic E-state index is 0.00286. The number of halogens is 2. The lowest BCUT2D eigenvalue weighted by molar-refractivity contribution is 0.384. The molecule has 0 unspecified atom stereocenters. The molecule has 1 aliphatic heterocycles. The summed E-state index contributed by atoms with van der Waals surface area (Å²) < 4.78 is 45.7. The number of aromatic nitrogens is 1. The summed E-state index contributed by atoms with van der Waals surface area (Å²) in [7, 11) is -2.10. The molecule has 158 valence electrons. The summed E-state index contributed by atoms with van der Waals surface area (Å²) in [4.78, 5) is 6.77. The van der Waals surface area contributed by atoms with Crippen LogP contribution in [-0.2, 0) is 10.0 Å². The molecule has 0 radical (unpaired) electrons. The van der Waals surface area contributed by atoms with Gasteiger partial charge in [0.15, 0.2) is 5.13 Å². The third kappa shape index (κ3) is 4.15. The van der Waals surface area contributed by atoms with E-state index in [4.69, 9.17) is 21.3 Å². The molecule has 2 aromatic carbocycles. The topological polar surface area (TPSA) is 62.7 Å². The molecule has 4 rings (SSSR count). The smallest absolute Gasteiger partial charge is 0.243 e. The van der Waals surface area contributed by atoms with Crippen molar-refractivity contribution in [1.82, 2.24) is 9.29 Å². The highest BCUT2D eigenvalue weighted by atomic mass is 35.5. The molecule has 30 heavy (non-hydrogen) atoms. The maximum atomic E-state index is 13.4. The predicted octanol–water partition coefficient (Wildman–Crippen LogP) is 4.12. The van der Waals surface area contributed by atoms with Crippen LogP contribution >= 0.6 is 22.9 Å². The van der Waals surface area contributed by atoms with E-state index in [1.165, 1.54) is 21.7 Å². The van der Waals surface area contributed by atoms with Crippen LogP contribution in [0.3, 0.4) is 0 Å². The highest BCUT2D eigenvalue weighted by Gasteiger charge is 2.30. The summed E-state index contributed by atoms with van der Waals surface area (Å²) in [5, 5.41) is 2.62. The number of thiazole rings is 1. The Balaban J connectivity index is 1.46. The molecule has 3 aromatic rings. The van der Waals surface area contributed by atoms with Gasteiger partial charge in [-0.05, 0) is 30.3 Å². The molecule has 0 spiro atoms. The van der Waals surface area contributed by atoms with Crippen molar-refractivity contribution in [2.75, 3.05) is 38.2 Å². The van der Waals surface area contributed by atoms with Crippen LogP contribution in [0.5, 0.6) is 5.75 Å². The number of piperazine rings is 1. The van der Waals surface area contributed by atoms with Crippen LogP contribution < -0.4 is 9.64 Å². The Morgan fingerprint density at radius 3 is 2.60 bits per heavy atom. The van der Waals surface area contributed by atoms with E-state index in [1.807, 2.05) is 29.6 Å². The van der Waals surface area contributed by atoms with E-state index in [0.29, 0.717) is 26.2 Å². The highest BCUT2D eigenvalue weighted by Crippen LogP contribution is 2.30. The molecular weight excluding hydrogens is 449 g/mol. The van der Waals surface area contributed by atoms with Crippen LogP contribution in [0, 0.1) is 5.82 Å². The molecule has 1 fully saturated rings. The number of ether oxygens (including phenoxy) is 1. The van der Waals surface area contributed by atoms with E-state index in [2.05, 4.69) is 4.90 Å². The molecule has 0 N–H and O–H groups in total. The molecule has 0 saturated carbocycles. The molecule has 2 heterocycles. The van der Waals surface area contributed by atoms with Crippen LogP contribution in [0.15, 0.2) is 52.7 Å². The van der Waals surface area contributed by atoms with Gasteiger partial charge < -0.3 is 9.64 Å².